The molecule has 18 heavy (non-hydrogen) atoms. The smallest absolute Gasteiger partial charge is 0.269 e. The molecular formula is C11H17N5O2. The van der Waals surface area contributed by atoms with E-state index in [-0.39, 0.29) is 18.0 Å². The molecule has 1 amide bonds. The largest absolute Gasteiger partial charge is 0.397 e. The molecule has 1 aliphatic rings. The lowest BCUT2D eigenvalue weighted by Gasteiger charge is -2.32. The first-order chi connectivity index (χ1) is 8.56. The van der Waals surface area contributed by atoms with Crippen LogP contribution in [0.5, 0.6) is 0 Å². The van der Waals surface area contributed by atoms with Crippen LogP contribution in [-0.2, 0) is 11.3 Å². The molecule has 2 rings (SSSR count). The van der Waals surface area contributed by atoms with E-state index >= 15 is 0 Å². The summed E-state index contributed by atoms with van der Waals surface area (Å²) in [6.45, 7) is 3.08. The van der Waals surface area contributed by atoms with Crippen LogP contribution in [-0.4, -0.2) is 58.7 Å². The van der Waals surface area contributed by atoms with Gasteiger partial charge in [0.2, 0.25) is 5.91 Å². The maximum atomic E-state index is 12.0. The molecule has 98 valence electrons. The summed E-state index contributed by atoms with van der Waals surface area (Å²) in [4.78, 5) is 27.5. The Bertz CT molecular complexity index is 490. The number of anilines is 1. The van der Waals surface area contributed by atoms with Gasteiger partial charge in [0, 0.05) is 32.2 Å². The number of likely N-dealkylation sites (N-methyl/N-ethyl adjacent to an activating group) is 1. The number of hydrogen-bond acceptors (Lipinski definition) is 5. The van der Waals surface area contributed by atoms with Crippen molar-refractivity contribution < 1.29 is 4.79 Å². The van der Waals surface area contributed by atoms with Crippen molar-refractivity contribution in [3.8, 4) is 0 Å². The summed E-state index contributed by atoms with van der Waals surface area (Å²) >= 11 is 0. The van der Waals surface area contributed by atoms with Gasteiger partial charge in [0.15, 0.2) is 0 Å². The number of aromatic nitrogens is 2. The zero-order chi connectivity index (χ0) is 13.1. The first-order valence-corrected chi connectivity index (χ1v) is 5.85. The molecule has 2 heterocycles. The van der Waals surface area contributed by atoms with Gasteiger partial charge in [-0.2, -0.15) is 5.10 Å². The molecule has 0 saturated carbocycles. The molecule has 1 aliphatic heterocycles. The molecule has 0 aromatic carbocycles. The van der Waals surface area contributed by atoms with Crippen molar-refractivity contribution >= 4 is 11.6 Å². The normalized spacial score (nSPS) is 16.8. The summed E-state index contributed by atoms with van der Waals surface area (Å²) < 4.78 is 1.14. The molecule has 0 atom stereocenters. The monoisotopic (exact) mass is 251 g/mol. The summed E-state index contributed by atoms with van der Waals surface area (Å²) in [6.07, 6.45) is 1.37. The van der Waals surface area contributed by atoms with E-state index < -0.39 is 0 Å². The number of piperazine rings is 1. The van der Waals surface area contributed by atoms with E-state index in [1.54, 1.807) is 4.90 Å². The number of nitrogen functional groups attached to an aromatic ring is 1. The van der Waals surface area contributed by atoms with Gasteiger partial charge in [-0.3, -0.25) is 9.59 Å². The van der Waals surface area contributed by atoms with E-state index in [9.17, 15) is 9.59 Å². The molecular weight excluding hydrogens is 234 g/mol. The lowest BCUT2D eigenvalue weighted by atomic mass is 10.3. The first-order valence-electron chi connectivity index (χ1n) is 5.85. The van der Waals surface area contributed by atoms with Crippen molar-refractivity contribution in [3.05, 3.63) is 22.6 Å². The quantitative estimate of drug-likeness (QED) is 0.699. The maximum Gasteiger partial charge on any atom is 0.269 e. The zero-order valence-electron chi connectivity index (χ0n) is 10.4. The van der Waals surface area contributed by atoms with E-state index in [4.69, 9.17) is 5.73 Å². The standard InChI is InChI=1S/C11H17N5O2/c1-14-2-4-15(5-3-14)11(18)8-16-10(17)6-9(12)7-13-16/h6-7H,2-5,8,12H2,1H3. The Hall–Kier alpha value is -1.89. The van der Waals surface area contributed by atoms with Gasteiger partial charge in [-0.25, -0.2) is 4.68 Å². The number of rotatable bonds is 2. The second-order valence-electron chi connectivity index (χ2n) is 4.47. The molecule has 0 bridgehead atoms. The molecule has 0 unspecified atom stereocenters. The SMILES string of the molecule is CN1CCN(C(=O)Cn2ncc(N)cc2=O)CC1. The Kier molecular flexibility index (Phi) is 3.61. The topological polar surface area (TPSA) is 84.5 Å². The van der Waals surface area contributed by atoms with Gasteiger partial charge in [-0.15, -0.1) is 0 Å². The second-order valence-corrected chi connectivity index (χ2v) is 4.47. The molecule has 1 aromatic rings. The number of carbonyl (C=O) groups excluding carboxylic acids is 1. The first kappa shape index (κ1) is 12.6. The Morgan fingerprint density at radius 2 is 2.06 bits per heavy atom. The zero-order valence-corrected chi connectivity index (χ0v) is 10.4. The van der Waals surface area contributed by atoms with Crippen LogP contribution in [0.3, 0.4) is 0 Å². The summed E-state index contributed by atoms with van der Waals surface area (Å²) in [5.41, 5.74) is 5.40. The minimum absolute atomic E-state index is 0.0250. The average molecular weight is 251 g/mol. The van der Waals surface area contributed by atoms with Crippen LogP contribution in [0.2, 0.25) is 0 Å². The van der Waals surface area contributed by atoms with Gasteiger partial charge in [0.25, 0.3) is 5.56 Å². The number of carbonyl (C=O) groups is 1. The molecule has 2 N–H and O–H groups in total. The van der Waals surface area contributed by atoms with Gasteiger partial charge >= 0.3 is 0 Å². The fourth-order valence-corrected chi connectivity index (χ4v) is 1.85. The van der Waals surface area contributed by atoms with E-state index in [1.165, 1.54) is 12.3 Å². The fourth-order valence-electron chi connectivity index (χ4n) is 1.85. The summed E-state index contributed by atoms with van der Waals surface area (Å²) in [6, 6.07) is 1.27. The number of hydrogen-bond donors (Lipinski definition) is 1. The molecule has 1 fully saturated rings. The third-order valence-corrected chi connectivity index (χ3v) is 3.03. The molecule has 1 saturated heterocycles. The van der Waals surface area contributed by atoms with Gasteiger partial charge in [0.05, 0.1) is 11.9 Å². The van der Waals surface area contributed by atoms with Crippen molar-refractivity contribution in [2.45, 2.75) is 6.54 Å². The minimum Gasteiger partial charge on any atom is -0.397 e. The highest BCUT2D eigenvalue weighted by atomic mass is 16.2. The lowest BCUT2D eigenvalue weighted by molar-refractivity contribution is -0.133. The predicted molar refractivity (Wildman–Crippen MR) is 67.0 cm³/mol. The summed E-state index contributed by atoms with van der Waals surface area (Å²) in [7, 11) is 2.02. The number of nitrogens with zero attached hydrogens (tertiary/aromatic N) is 4. The Balaban J connectivity index is 2.01. The van der Waals surface area contributed by atoms with Crippen molar-refractivity contribution in [1.82, 2.24) is 19.6 Å². The van der Waals surface area contributed by atoms with Crippen molar-refractivity contribution in [2.75, 3.05) is 39.0 Å². The van der Waals surface area contributed by atoms with E-state index in [1.807, 2.05) is 7.05 Å². The molecule has 7 nitrogen and oxygen atoms in total. The van der Waals surface area contributed by atoms with Gasteiger partial charge < -0.3 is 15.5 Å². The van der Waals surface area contributed by atoms with Gasteiger partial charge in [0.1, 0.15) is 6.54 Å². The number of amides is 1. The lowest BCUT2D eigenvalue weighted by Crippen LogP contribution is -2.48. The van der Waals surface area contributed by atoms with Crippen LogP contribution < -0.4 is 11.3 Å². The van der Waals surface area contributed by atoms with Crippen molar-refractivity contribution in [2.24, 2.45) is 0 Å². The molecule has 1 aromatic heterocycles. The highest BCUT2D eigenvalue weighted by molar-refractivity contribution is 5.76. The van der Waals surface area contributed by atoms with Crippen molar-refractivity contribution in [1.29, 1.82) is 0 Å². The molecule has 0 spiro atoms. The maximum absolute atomic E-state index is 12.0. The molecule has 0 radical (unpaired) electrons. The van der Waals surface area contributed by atoms with E-state index in [0.717, 1.165) is 17.8 Å². The van der Waals surface area contributed by atoms with Crippen LogP contribution in [0, 0.1) is 0 Å². The van der Waals surface area contributed by atoms with Crippen LogP contribution >= 0.6 is 0 Å². The summed E-state index contributed by atoms with van der Waals surface area (Å²) in [5, 5.41) is 3.85. The van der Waals surface area contributed by atoms with Crippen molar-refractivity contribution in [3.63, 3.8) is 0 Å². The Morgan fingerprint density at radius 3 is 2.67 bits per heavy atom. The van der Waals surface area contributed by atoms with Crippen LogP contribution in [0.25, 0.3) is 0 Å². The molecule has 7 heteroatoms. The predicted octanol–water partition coefficient (Wildman–Crippen LogP) is -1.40. The third kappa shape index (κ3) is 2.86. The van der Waals surface area contributed by atoms with Gasteiger partial charge in [-0.05, 0) is 7.05 Å². The number of nitrogens with two attached hydrogens (primary N) is 1. The Morgan fingerprint density at radius 1 is 1.39 bits per heavy atom. The van der Waals surface area contributed by atoms with E-state index in [2.05, 4.69) is 10.00 Å². The molecule has 0 aliphatic carbocycles. The summed E-state index contributed by atoms with van der Waals surface area (Å²) in [5.74, 6) is -0.0810. The fraction of sp³-hybridized carbons (Fsp3) is 0.545. The second kappa shape index (κ2) is 5.18. The van der Waals surface area contributed by atoms with Gasteiger partial charge in [-0.1, -0.05) is 0 Å². The third-order valence-electron chi connectivity index (χ3n) is 3.03. The average Bonchev–Trinajstić information content (AvgIpc) is 2.33. The van der Waals surface area contributed by atoms with Crippen LogP contribution in [0.4, 0.5) is 5.69 Å². The minimum atomic E-state index is -0.350. The van der Waals surface area contributed by atoms with Crippen LogP contribution in [0.15, 0.2) is 17.1 Å². The van der Waals surface area contributed by atoms with Crippen LogP contribution in [0.1, 0.15) is 0 Å². The Labute approximate surface area is 105 Å². The highest BCUT2D eigenvalue weighted by Crippen LogP contribution is 2.00. The van der Waals surface area contributed by atoms with E-state index in [0.29, 0.717) is 18.8 Å². The highest BCUT2D eigenvalue weighted by Gasteiger charge is 2.19.